The first kappa shape index (κ1) is 13.7. The molecule has 4 unspecified atom stereocenters. The number of nitrogens with one attached hydrogen (secondary N) is 1. The smallest absolute Gasteiger partial charge is 0.226 e. The number of ether oxygens (including phenoxy) is 2. The van der Waals surface area contributed by atoms with Gasteiger partial charge >= 0.3 is 0 Å². The van der Waals surface area contributed by atoms with Gasteiger partial charge in [-0.15, -0.1) is 0 Å². The molecule has 4 nitrogen and oxygen atoms in total. The van der Waals surface area contributed by atoms with E-state index in [0.29, 0.717) is 22.4 Å². The van der Waals surface area contributed by atoms with Crippen molar-refractivity contribution in [2.45, 2.75) is 37.5 Å². The van der Waals surface area contributed by atoms with Crippen molar-refractivity contribution in [3.05, 3.63) is 27.7 Å². The number of hydrogen-bond donors (Lipinski definition) is 1. The molecule has 1 aromatic rings. The van der Waals surface area contributed by atoms with Crippen molar-refractivity contribution in [1.82, 2.24) is 5.32 Å². The van der Waals surface area contributed by atoms with Gasteiger partial charge in [0.15, 0.2) is 0 Å². The van der Waals surface area contributed by atoms with E-state index in [-0.39, 0.29) is 30.1 Å². The summed E-state index contributed by atoms with van der Waals surface area (Å²) in [5.41, 5.74) is 0.891. The minimum absolute atomic E-state index is 0.0319. The number of halogens is 2. The lowest BCUT2D eigenvalue weighted by Crippen LogP contribution is -2.38. The molecule has 3 aliphatic rings. The summed E-state index contributed by atoms with van der Waals surface area (Å²) < 4.78 is 11.3. The third-order valence-electron chi connectivity index (χ3n) is 4.61. The van der Waals surface area contributed by atoms with Crippen LogP contribution in [-0.2, 0) is 9.53 Å². The van der Waals surface area contributed by atoms with Gasteiger partial charge in [-0.1, -0.05) is 29.3 Å². The quantitative estimate of drug-likeness (QED) is 0.907. The Kier molecular flexibility index (Phi) is 3.28. The number of carbonyl (C=O) groups excluding carboxylic acids is 1. The van der Waals surface area contributed by atoms with E-state index in [2.05, 4.69) is 5.32 Å². The molecule has 0 aliphatic carbocycles. The second-order valence-corrected chi connectivity index (χ2v) is 6.65. The van der Waals surface area contributed by atoms with Crippen LogP contribution in [0, 0.1) is 5.92 Å². The molecule has 4 atom stereocenters. The maximum atomic E-state index is 12.4. The van der Waals surface area contributed by atoms with E-state index >= 15 is 0 Å². The van der Waals surface area contributed by atoms with Crippen molar-refractivity contribution >= 4 is 29.1 Å². The van der Waals surface area contributed by atoms with Crippen LogP contribution < -0.4 is 10.1 Å². The summed E-state index contributed by atoms with van der Waals surface area (Å²) in [7, 11) is 0. The van der Waals surface area contributed by atoms with E-state index in [0.717, 1.165) is 24.8 Å². The lowest BCUT2D eigenvalue weighted by atomic mass is 9.88. The van der Waals surface area contributed by atoms with Gasteiger partial charge in [-0.25, -0.2) is 0 Å². The fourth-order valence-corrected chi connectivity index (χ4v) is 3.91. The van der Waals surface area contributed by atoms with Crippen molar-refractivity contribution in [3.8, 4) is 5.75 Å². The highest BCUT2D eigenvalue weighted by Gasteiger charge is 2.45. The summed E-state index contributed by atoms with van der Waals surface area (Å²) in [6.45, 7) is 0.392. The molecule has 2 fully saturated rings. The number of fused-ring (bicyclic) bond motifs is 3. The Morgan fingerprint density at radius 2 is 2.14 bits per heavy atom. The summed E-state index contributed by atoms with van der Waals surface area (Å²) >= 11 is 12.1. The summed E-state index contributed by atoms with van der Waals surface area (Å²) in [4.78, 5) is 12.4. The summed E-state index contributed by atoms with van der Waals surface area (Å²) in [5, 5.41) is 3.94. The maximum absolute atomic E-state index is 12.4. The number of carbonyl (C=O) groups is 1. The molecule has 112 valence electrons. The molecule has 3 aliphatic heterocycles. The predicted molar refractivity (Wildman–Crippen MR) is 78.8 cm³/mol. The summed E-state index contributed by atoms with van der Waals surface area (Å²) in [6, 6.07) is 3.43. The largest absolute Gasteiger partial charge is 0.489 e. The Morgan fingerprint density at radius 1 is 1.29 bits per heavy atom. The molecule has 0 aromatic heterocycles. The highest BCUT2D eigenvalue weighted by atomic mass is 35.5. The Labute approximate surface area is 132 Å². The Balaban J connectivity index is 1.50. The highest BCUT2D eigenvalue weighted by Crippen LogP contribution is 2.43. The molecule has 4 rings (SSSR count). The zero-order chi connectivity index (χ0) is 14.6. The molecule has 1 aromatic carbocycles. The first-order valence-corrected chi connectivity index (χ1v) is 7.95. The van der Waals surface area contributed by atoms with Crippen LogP contribution in [0.4, 0.5) is 0 Å². The Hall–Kier alpha value is -0.970. The van der Waals surface area contributed by atoms with E-state index in [1.54, 1.807) is 6.07 Å². The molecule has 6 heteroatoms. The number of amides is 1. The van der Waals surface area contributed by atoms with Gasteiger partial charge in [0.05, 0.1) is 29.2 Å². The van der Waals surface area contributed by atoms with Crippen LogP contribution in [0.25, 0.3) is 0 Å². The van der Waals surface area contributed by atoms with E-state index in [4.69, 9.17) is 32.7 Å². The molecule has 1 N–H and O–H groups in total. The Bertz CT molecular complexity index is 607. The predicted octanol–water partition coefficient (Wildman–Crippen LogP) is 3.11. The molecule has 2 bridgehead atoms. The lowest BCUT2D eigenvalue weighted by molar-refractivity contribution is -0.127. The van der Waals surface area contributed by atoms with Gasteiger partial charge in [0.25, 0.3) is 0 Å². The van der Waals surface area contributed by atoms with Crippen LogP contribution in [0.15, 0.2) is 12.1 Å². The number of rotatable bonds is 2. The summed E-state index contributed by atoms with van der Waals surface area (Å²) in [5.74, 6) is 0.601. The first-order valence-electron chi connectivity index (χ1n) is 7.20. The second-order valence-electron chi connectivity index (χ2n) is 5.87. The van der Waals surface area contributed by atoms with Gasteiger partial charge in [0.2, 0.25) is 5.91 Å². The third-order valence-corrected chi connectivity index (χ3v) is 5.40. The van der Waals surface area contributed by atoms with Crippen LogP contribution in [0.3, 0.4) is 0 Å². The molecule has 21 heavy (non-hydrogen) atoms. The minimum atomic E-state index is -0.165. The van der Waals surface area contributed by atoms with Gasteiger partial charge in [-0.2, -0.15) is 0 Å². The van der Waals surface area contributed by atoms with Crippen molar-refractivity contribution in [2.75, 3.05) is 6.61 Å². The molecule has 0 saturated carbocycles. The van der Waals surface area contributed by atoms with Crippen molar-refractivity contribution in [2.24, 2.45) is 5.92 Å². The first-order chi connectivity index (χ1) is 10.1. The maximum Gasteiger partial charge on any atom is 0.226 e. The average molecular weight is 328 g/mol. The molecule has 3 heterocycles. The van der Waals surface area contributed by atoms with E-state index in [1.807, 2.05) is 6.07 Å². The minimum Gasteiger partial charge on any atom is -0.489 e. The van der Waals surface area contributed by atoms with Crippen LogP contribution in [0.5, 0.6) is 5.75 Å². The molecular formula is C15H15Cl2NO3. The van der Waals surface area contributed by atoms with E-state index < -0.39 is 0 Å². The molecular weight excluding hydrogens is 313 g/mol. The van der Waals surface area contributed by atoms with Crippen molar-refractivity contribution in [3.63, 3.8) is 0 Å². The third kappa shape index (κ3) is 2.20. The fourth-order valence-electron chi connectivity index (χ4n) is 3.54. The number of benzene rings is 1. The molecule has 0 radical (unpaired) electrons. The van der Waals surface area contributed by atoms with Crippen LogP contribution in [-0.4, -0.2) is 24.7 Å². The number of hydrogen-bond acceptors (Lipinski definition) is 3. The monoisotopic (exact) mass is 327 g/mol. The average Bonchev–Trinajstić information content (AvgIpc) is 3.18. The van der Waals surface area contributed by atoms with Gasteiger partial charge in [-0.3, -0.25) is 4.79 Å². The van der Waals surface area contributed by atoms with Gasteiger partial charge < -0.3 is 14.8 Å². The topological polar surface area (TPSA) is 47.6 Å². The Morgan fingerprint density at radius 3 is 2.86 bits per heavy atom. The summed E-state index contributed by atoms with van der Waals surface area (Å²) in [6.07, 6.45) is 3.26. The van der Waals surface area contributed by atoms with Crippen molar-refractivity contribution < 1.29 is 14.3 Å². The van der Waals surface area contributed by atoms with Crippen LogP contribution in [0.2, 0.25) is 10.0 Å². The van der Waals surface area contributed by atoms with Gasteiger partial charge in [0, 0.05) is 5.56 Å². The van der Waals surface area contributed by atoms with Crippen LogP contribution in [0.1, 0.15) is 30.9 Å². The molecule has 1 amide bonds. The zero-order valence-electron chi connectivity index (χ0n) is 11.3. The molecule has 2 saturated heterocycles. The van der Waals surface area contributed by atoms with Gasteiger partial charge in [0.1, 0.15) is 17.4 Å². The normalized spacial score (nSPS) is 32.9. The SMILES string of the molecule is O=C(NC1COc2c1ccc(Cl)c2Cl)C1CC2CCC1O2. The molecule has 0 spiro atoms. The van der Waals surface area contributed by atoms with Crippen molar-refractivity contribution in [1.29, 1.82) is 0 Å². The second kappa shape index (κ2) is 5.04. The lowest BCUT2D eigenvalue weighted by Gasteiger charge is -2.20. The van der Waals surface area contributed by atoms with E-state index in [9.17, 15) is 4.79 Å². The van der Waals surface area contributed by atoms with Crippen LogP contribution >= 0.6 is 23.2 Å². The van der Waals surface area contributed by atoms with E-state index in [1.165, 1.54) is 0 Å². The fraction of sp³-hybridized carbons (Fsp3) is 0.533. The zero-order valence-corrected chi connectivity index (χ0v) is 12.8. The standard InChI is InChI=1S/C15H15Cl2NO3/c16-10-3-2-8-11(6-20-14(8)13(10)17)18-15(19)9-5-7-1-4-12(9)21-7/h2-3,7,9,11-12H,1,4-6H2,(H,18,19). The van der Waals surface area contributed by atoms with Gasteiger partial charge in [-0.05, 0) is 25.3 Å². The highest BCUT2D eigenvalue weighted by molar-refractivity contribution is 6.43.